The van der Waals surface area contributed by atoms with Gasteiger partial charge in [0, 0.05) is 38.1 Å². The second kappa shape index (κ2) is 8.22. The molecule has 0 spiro atoms. The Hall–Kier alpha value is -1.87. The third-order valence-corrected chi connectivity index (χ3v) is 6.46. The first-order valence-corrected chi connectivity index (χ1v) is 10.0. The molecule has 1 fully saturated rings. The molecule has 140 valence electrons. The summed E-state index contributed by atoms with van der Waals surface area (Å²) in [5, 5.41) is 0. The maximum atomic E-state index is 13.0. The molecule has 0 bridgehead atoms. The summed E-state index contributed by atoms with van der Waals surface area (Å²) in [5.41, 5.74) is 7.51. The quantitative estimate of drug-likeness (QED) is 0.773. The van der Waals surface area contributed by atoms with E-state index in [2.05, 4.69) is 15.8 Å². The predicted molar refractivity (Wildman–Crippen MR) is 97.1 cm³/mol. The van der Waals surface area contributed by atoms with E-state index in [1.807, 2.05) is 0 Å². The number of rotatable bonds is 7. The average Bonchev–Trinajstić information content (AvgIpc) is 3.12. The summed E-state index contributed by atoms with van der Waals surface area (Å²) in [4.78, 5) is 4.08. The third kappa shape index (κ3) is 4.45. The summed E-state index contributed by atoms with van der Waals surface area (Å²) in [6.45, 7) is 0.441. The maximum Gasteiger partial charge on any atom is 0.244 e. The first-order chi connectivity index (χ1) is 12.5. The van der Waals surface area contributed by atoms with Gasteiger partial charge >= 0.3 is 0 Å². The lowest BCUT2D eigenvalue weighted by atomic mass is 10.00. The summed E-state index contributed by atoms with van der Waals surface area (Å²) >= 11 is 0. The Bertz CT molecular complexity index is 815. The van der Waals surface area contributed by atoms with Crippen LogP contribution in [-0.4, -0.2) is 37.3 Å². The molecule has 6 nitrogen and oxygen atoms in total. The predicted octanol–water partition coefficient (Wildman–Crippen LogP) is 2.23. The molecule has 2 unspecified atom stereocenters. The number of nitrogens with zero attached hydrogens (tertiary/aromatic N) is 2. The highest BCUT2D eigenvalue weighted by Gasteiger charge is 2.25. The number of pyridine rings is 1. The lowest BCUT2D eigenvalue weighted by molar-refractivity contribution is 0.428. The van der Waals surface area contributed by atoms with Gasteiger partial charge in [0.05, 0.1) is 0 Å². The lowest BCUT2D eigenvalue weighted by Crippen LogP contribution is -2.32. The Balaban J connectivity index is 1.47. The first-order valence-electron chi connectivity index (χ1n) is 8.60. The molecule has 2 N–H and O–H groups in total. The van der Waals surface area contributed by atoms with E-state index in [9.17, 15) is 12.8 Å². The molecule has 1 aliphatic rings. The summed E-state index contributed by atoms with van der Waals surface area (Å²) in [6.07, 6.45) is 5.38. The van der Waals surface area contributed by atoms with E-state index in [4.69, 9.17) is 0 Å². The van der Waals surface area contributed by atoms with E-state index in [1.54, 1.807) is 37.5 Å². The van der Waals surface area contributed by atoms with Crippen LogP contribution >= 0.6 is 0 Å². The molecule has 0 saturated carbocycles. The van der Waals surface area contributed by atoms with Gasteiger partial charge in [0.2, 0.25) is 10.0 Å². The van der Waals surface area contributed by atoms with Gasteiger partial charge in [-0.2, -0.15) is 0 Å². The monoisotopic (exact) mass is 378 g/mol. The van der Waals surface area contributed by atoms with Crippen molar-refractivity contribution >= 4 is 10.0 Å². The molecule has 2 atom stereocenters. The number of hydrogen-bond acceptors (Lipinski definition) is 5. The molecule has 2 aromatic rings. The van der Waals surface area contributed by atoms with Gasteiger partial charge in [0.15, 0.2) is 0 Å². The van der Waals surface area contributed by atoms with E-state index >= 15 is 0 Å². The van der Waals surface area contributed by atoms with Crippen molar-refractivity contribution in [2.45, 2.75) is 36.2 Å². The van der Waals surface area contributed by atoms with Gasteiger partial charge in [-0.15, -0.1) is 0 Å². The number of hydrogen-bond donors (Lipinski definition) is 2. The van der Waals surface area contributed by atoms with Crippen molar-refractivity contribution in [3.63, 3.8) is 0 Å². The van der Waals surface area contributed by atoms with Gasteiger partial charge in [-0.25, -0.2) is 17.1 Å². The van der Waals surface area contributed by atoms with Gasteiger partial charge in [-0.05, 0) is 49.1 Å². The fourth-order valence-corrected chi connectivity index (χ4v) is 4.26. The molecular formula is C18H23FN4O2S. The van der Waals surface area contributed by atoms with Crippen LogP contribution in [0.5, 0.6) is 0 Å². The minimum atomic E-state index is -3.49. The Morgan fingerprint density at radius 1 is 1.23 bits per heavy atom. The molecule has 26 heavy (non-hydrogen) atoms. The summed E-state index contributed by atoms with van der Waals surface area (Å²) in [5.74, 6) is -0.242. The Kier molecular flexibility index (Phi) is 5.98. The number of halogens is 1. The van der Waals surface area contributed by atoms with Crippen LogP contribution in [0.15, 0.2) is 53.7 Å². The van der Waals surface area contributed by atoms with Crippen LogP contribution in [0, 0.1) is 5.82 Å². The summed E-state index contributed by atoms with van der Waals surface area (Å²) in [7, 11) is -1.91. The SMILES string of the molecule is CN(CCCC1CC(c2ccc(F)cc2)NN1)S(=O)(=O)c1cccnc1. The van der Waals surface area contributed by atoms with Gasteiger partial charge in [-0.3, -0.25) is 15.8 Å². The standard InChI is InChI=1S/C18H23FN4O2S/c1-23(26(24,25)17-5-2-10-20-13-17)11-3-4-16-12-18(22-21-16)14-6-8-15(19)9-7-14/h2,5-10,13,16,18,21-22H,3-4,11-12H2,1H3. The van der Waals surface area contributed by atoms with Crippen molar-refractivity contribution in [2.24, 2.45) is 0 Å². The van der Waals surface area contributed by atoms with Gasteiger partial charge in [0.1, 0.15) is 10.7 Å². The Labute approximate surface area is 153 Å². The van der Waals surface area contributed by atoms with Crippen LogP contribution in [0.3, 0.4) is 0 Å². The first kappa shape index (κ1) is 18.9. The van der Waals surface area contributed by atoms with Crippen LogP contribution < -0.4 is 10.9 Å². The zero-order valence-corrected chi connectivity index (χ0v) is 15.4. The highest BCUT2D eigenvalue weighted by Crippen LogP contribution is 2.24. The highest BCUT2D eigenvalue weighted by molar-refractivity contribution is 7.89. The highest BCUT2D eigenvalue weighted by atomic mass is 32.2. The zero-order chi connectivity index (χ0) is 18.6. The van der Waals surface area contributed by atoms with Gasteiger partial charge in [-0.1, -0.05) is 12.1 Å². The van der Waals surface area contributed by atoms with Crippen molar-refractivity contribution in [1.82, 2.24) is 20.1 Å². The molecular weight excluding hydrogens is 355 g/mol. The Morgan fingerprint density at radius 2 is 2.00 bits per heavy atom. The molecule has 1 saturated heterocycles. The molecule has 0 aliphatic carbocycles. The fraction of sp³-hybridized carbons (Fsp3) is 0.389. The number of benzene rings is 1. The van der Waals surface area contributed by atoms with E-state index in [0.717, 1.165) is 24.8 Å². The molecule has 1 aliphatic heterocycles. The fourth-order valence-electron chi connectivity index (χ4n) is 3.09. The molecule has 3 rings (SSSR count). The topological polar surface area (TPSA) is 74.3 Å². The average molecular weight is 378 g/mol. The van der Waals surface area contributed by atoms with E-state index < -0.39 is 10.0 Å². The lowest BCUT2D eigenvalue weighted by Gasteiger charge is -2.18. The molecule has 1 aromatic carbocycles. The van der Waals surface area contributed by atoms with Crippen molar-refractivity contribution in [1.29, 1.82) is 0 Å². The zero-order valence-electron chi connectivity index (χ0n) is 14.6. The number of aromatic nitrogens is 1. The number of nitrogens with one attached hydrogen (secondary N) is 2. The van der Waals surface area contributed by atoms with E-state index in [0.29, 0.717) is 6.54 Å². The summed E-state index contributed by atoms with van der Waals surface area (Å²) in [6, 6.07) is 10.0. The number of hydrazine groups is 1. The molecule has 0 radical (unpaired) electrons. The van der Waals surface area contributed by atoms with Crippen LogP contribution in [0.2, 0.25) is 0 Å². The maximum absolute atomic E-state index is 13.0. The third-order valence-electron chi connectivity index (χ3n) is 4.62. The number of sulfonamides is 1. The van der Waals surface area contributed by atoms with Gasteiger partial charge in [0.25, 0.3) is 0 Å². The summed E-state index contributed by atoms with van der Waals surface area (Å²) < 4.78 is 39.3. The Morgan fingerprint density at radius 3 is 2.69 bits per heavy atom. The van der Waals surface area contributed by atoms with Crippen LogP contribution in [0.25, 0.3) is 0 Å². The smallest absolute Gasteiger partial charge is 0.244 e. The van der Waals surface area contributed by atoms with Crippen molar-refractivity contribution in [2.75, 3.05) is 13.6 Å². The minimum absolute atomic E-state index is 0.137. The molecule has 0 amide bonds. The normalized spacial score (nSPS) is 20.6. The molecule has 1 aromatic heterocycles. The molecule has 8 heteroatoms. The van der Waals surface area contributed by atoms with Crippen molar-refractivity contribution in [3.05, 3.63) is 60.2 Å². The minimum Gasteiger partial charge on any atom is -0.263 e. The van der Waals surface area contributed by atoms with Crippen molar-refractivity contribution < 1.29 is 12.8 Å². The van der Waals surface area contributed by atoms with Gasteiger partial charge < -0.3 is 0 Å². The van der Waals surface area contributed by atoms with Crippen LogP contribution in [0.4, 0.5) is 4.39 Å². The largest absolute Gasteiger partial charge is 0.263 e. The van der Waals surface area contributed by atoms with E-state index in [-0.39, 0.29) is 22.8 Å². The van der Waals surface area contributed by atoms with Crippen molar-refractivity contribution in [3.8, 4) is 0 Å². The van der Waals surface area contributed by atoms with Crippen LogP contribution in [0.1, 0.15) is 30.9 Å². The second-order valence-electron chi connectivity index (χ2n) is 6.48. The second-order valence-corrected chi connectivity index (χ2v) is 8.53. The van der Waals surface area contributed by atoms with Crippen LogP contribution in [-0.2, 0) is 10.0 Å². The van der Waals surface area contributed by atoms with E-state index in [1.165, 1.54) is 22.6 Å². The molecule has 2 heterocycles.